The Morgan fingerprint density at radius 1 is 1.03 bits per heavy atom. The summed E-state index contributed by atoms with van der Waals surface area (Å²) in [5.74, 6) is 3.73. The van der Waals surface area contributed by atoms with Gasteiger partial charge in [0.1, 0.15) is 11.6 Å². The van der Waals surface area contributed by atoms with Crippen LogP contribution >= 0.6 is 0 Å². The van der Waals surface area contributed by atoms with Crippen LogP contribution in [-0.2, 0) is 17.6 Å². The van der Waals surface area contributed by atoms with Gasteiger partial charge in [0.05, 0.1) is 12.2 Å². The van der Waals surface area contributed by atoms with Crippen LogP contribution in [0.15, 0.2) is 72.8 Å². The SMILES string of the molecule is C=C/C=C(\C=C(\F)Cc1ccc(C#Cc2ccc(CC)c(F)c2F)cc1)OCC. The van der Waals surface area contributed by atoms with Crippen molar-refractivity contribution in [2.24, 2.45) is 0 Å². The second kappa shape index (κ2) is 11.0. The molecule has 150 valence electrons. The first kappa shape index (κ1) is 22.1. The third-order valence-electron chi connectivity index (χ3n) is 4.10. The molecular weight excluding hydrogens is 373 g/mol. The van der Waals surface area contributed by atoms with Crippen molar-refractivity contribution in [1.82, 2.24) is 0 Å². The second-order valence-corrected chi connectivity index (χ2v) is 6.21. The molecule has 0 aliphatic heterocycles. The highest BCUT2D eigenvalue weighted by Gasteiger charge is 2.10. The number of rotatable bonds is 7. The second-order valence-electron chi connectivity index (χ2n) is 6.21. The Labute approximate surface area is 170 Å². The van der Waals surface area contributed by atoms with E-state index in [2.05, 4.69) is 18.4 Å². The zero-order chi connectivity index (χ0) is 21.2. The van der Waals surface area contributed by atoms with Gasteiger partial charge >= 0.3 is 0 Å². The van der Waals surface area contributed by atoms with E-state index in [1.165, 1.54) is 24.3 Å². The van der Waals surface area contributed by atoms with E-state index in [0.717, 1.165) is 5.56 Å². The molecule has 2 aromatic carbocycles. The number of aryl methyl sites for hydroxylation is 1. The van der Waals surface area contributed by atoms with Crippen molar-refractivity contribution in [3.05, 3.63) is 107 Å². The maximum absolute atomic E-state index is 14.2. The molecule has 0 unspecified atom stereocenters. The predicted molar refractivity (Wildman–Crippen MR) is 111 cm³/mol. The molecule has 2 rings (SSSR count). The van der Waals surface area contributed by atoms with E-state index in [9.17, 15) is 13.2 Å². The lowest BCUT2D eigenvalue weighted by Crippen LogP contribution is -1.96. The maximum Gasteiger partial charge on any atom is 0.174 e. The standard InChI is InChI=1S/C25H23F3O/c1-4-7-23(29-6-3)17-22(26)16-19-10-8-18(9-11-19)12-13-21-15-14-20(5-2)24(27)25(21)28/h4,7-11,14-15,17H,1,5-6,16H2,2-3H3/b22-17+,23-7+. The van der Waals surface area contributed by atoms with Crippen LogP contribution in [0.2, 0.25) is 0 Å². The summed E-state index contributed by atoms with van der Waals surface area (Å²) in [6, 6.07) is 9.93. The molecule has 29 heavy (non-hydrogen) atoms. The van der Waals surface area contributed by atoms with E-state index in [4.69, 9.17) is 4.74 Å². The first-order valence-corrected chi connectivity index (χ1v) is 9.37. The summed E-state index contributed by atoms with van der Waals surface area (Å²) in [5, 5.41) is 0. The fourth-order valence-corrected chi connectivity index (χ4v) is 2.63. The summed E-state index contributed by atoms with van der Waals surface area (Å²) >= 11 is 0. The van der Waals surface area contributed by atoms with E-state index < -0.39 is 11.6 Å². The quantitative estimate of drug-likeness (QED) is 0.298. The summed E-state index contributed by atoms with van der Waals surface area (Å²) < 4.78 is 47.4. The molecule has 0 spiro atoms. The van der Waals surface area contributed by atoms with Crippen LogP contribution in [-0.4, -0.2) is 6.61 Å². The average Bonchev–Trinajstić information content (AvgIpc) is 2.70. The van der Waals surface area contributed by atoms with E-state index in [0.29, 0.717) is 29.9 Å². The van der Waals surface area contributed by atoms with Gasteiger partial charge in [-0.3, -0.25) is 0 Å². The first-order valence-electron chi connectivity index (χ1n) is 9.37. The Morgan fingerprint density at radius 2 is 1.76 bits per heavy atom. The van der Waals surface area contributed by atoms with Crippen LogP contribution in [0.4, 0.5) is 13.2 Å². The molecule has 0 atom stereocenters. The van der Waals surface area contributed by atoms with Gasteiger partial charge in [0.15, 0.2) is 11.6 Å². The van der Waals surface area contributed by atoms with Gasteiger partial charge in [0.2, 0.25) is 0 Å². The Morgan fingerprint density at radius 3 is 2.38 bits per heavy atom. The number of allylic oxidation sites excluding steroid dienone is 4. The van der Waals surface area contributed by atoms with Gasteiger partial charge in [-0.15, -0.1) is 0 Å². The van der Waals surface area contributed by atoms with Crippen molar-refractivity contribution >= 4 is 0 Å². The van der Waals surface area contributed by atoms with Crippen molar-refractivity contribution in [3.8, 4) is 11.8 Å². The van der Waals surface area contributed by atoms with Crippen LogP contribution in [0, 0.1) is 23.5 Å². The molecule has 0 heterocycles. The minimum atomic E-state index is -0.932. The van der Waals surface area contributed by atoms with Crippen LogP contribution in [0.5, 0.6) is 0 Å². The van der Waals surface area contributed by atoms with Crippen molar-refractivity contribution in [2.45, 2.75) is 26.7 Å². The minimum absolute atomic E-state index is 0.00946. The molecule has 0 aromatic heterocycles. The van der Waals surface area contributed by atoms with Gasteiger partial charge in [0.25, 0.3) is 0 Å². The van der Waals surface area contributed by atoms with Crippen LogP contribution in [0.3, 0.4) is 0 Å². The molecule has 0 N–H and O–H groups in total. The summed E-state index contributed by atoms with van der Waals surface area (Å²) in [5.41, 5.74) is 1.71. The van der Waals surface area contributed by atoms with Gasteiger partial charge < -0.3 is 4.74 Å². The zero-order valence-corrected chi connectivity index (χ0v) is 16.6. The first-order chi connectivity index (χ1) is 14.0. The minimum Gasteiger partial charge on any atom is -0.494 e. The largest absolute Gasteiger partial charge is 0.494 e. The van der Waals surface area contributed by atoms with Crippen molar-refractivity contribution in [3.63, 3.8) is 0 Å². The third-order valence-corrected chi connectivity index (χ3v) is 4.10. The highest BCUT2D eigenvalue weighted by atomic mass is 19.2. The fourth-order valence-electron chi connectivity index (χ4n) is 2.63. The van der Waals surface area contributed by atoms with Crippen LogP contribution in [0.25, 0.3) is 0 Å². The Balaban J connectivity index is 2.12. The van der Waals surface area contributed by atoms with Gasteiger partial charge in [-0.2, -0.15) is 0 Å². The van der Waals surface area contributed by atoms with E-state index in [1.807, 2.05) is 6.92 Å². The molecule has 0 radical (unpaired) electrons. The molecular formula is C25H23F3O. The zero-order valence-electron chi connectivity index (χ0n) is 16.6. The number of benzene rings is 2. The molecule has 0 amide bonds. The molecule has 0 aliphatic carbocycles. The third kappa shape index (κ3) is 6.43. The predicted octanol–water partition coefficient (Wildman–Crippen LogP) is 6.43. The van der Waals surface area contributed by atoms with E-state index in [1.54, 1.807) is 37.3 Å². The normalized spacial score (nSPS) is 11.6. The number of halogens is 3. The van der Waals surface area contributed by atoms with Crippen molar-refractivity contribution in [1.29, 1.82) is 0 Å². The number of hydrogen-bond donors (Lipinski definition) is 0. The topological polar surface area (TPSA) is 9.23 Å². The summed E-state index contributed by atoms with van der Waals surface area (Å²) in [6.45, 7) is 7.59. The molecule has 0 fully saturated rings. The number of hydrogen-bond acceptors (Lipinski definition) is 1. The molecule has 0 bridgehead atoms. The highest BCUT2D eigenvalue weighted by Crippen LogP contribution is 2.17. The van der Waals surface area contributed by atoms with Gasteiger partial charge in [-0.05, 0) is 48.7 Å². The Kier molecular flexibility index (Phi) is 8.36. The average molecular weight is 396 g/mol. The monoisotopic (exact) mass is 396 g/mol. The molecule has 2 aromatic rings. The molecule has 0 saturated carbocycles. The lowest BCUT2D eigenvalue weighted by Gasteiger charge is -2.04. The molecule has 0 aliphatic rings. The smallest absolute Gasteiger partial charge is 0.174 e. The highest BCUT2D eigenvalue weighted by molar-refractivity contribution is 5.45. The summed E-state index contributed by atoms with van der Waals surface area (Å²) in [7, 11) is 0. The van der Waals surface area contributed by atoms with Gasteiger partial charge in [0, 0.05) is 18.1 Å². The van der Waals surface area contributed by atoms with E-state index in [-0.39, 0.29) is 17.8 Å². The fraction of sp³-hybridized carbons (Fsp3) is 0.200. The van der Waals surface area contributed by atoms with Gasteiger partial charge in [-0.25, -0.2) is 13.2 Å². The Hall–Kier alpha value is -3.19. The lowest BCUT2D eigenvalue weighted by molar-refractivity contribution is 0.241. The Bertz CT molecular complexity index is 974. The number of ether oxygens (including phenoxy) is 1. The molecule has 4 heteroatoms. The molecule has 1 nitrogen and oxygen atoms in total. The maximum atomic E-state index is 14.2. The van der Waals surface area contributed by atoms with Crippen LogP contribution in [0.1, 0.15) is 36.1 Å². The van der Waals surface area contributed by atoms with Crippen LogP contribution < -0.4 is 0 Å². The summed E-state index contributed by atoms with van der Waals surface area (Å²) in [4.78, 5) is 0. The lowest BCUT2D eigenvalue weighted by atomic mass is 10.1. The van der Waals surface area contributed by atoms with Crippen molar-refractivity contribution < 1.29 is 17.9 Å². The van der Waals surface area contributed by atoms with Crippen molar-refractivity contribution in [2.75, 3.05) is 6.61 Å². The van der Waals surface area contributed by atoms with Gasteiger partial charge in [-0.1, -0.05) is 49.6 Å². The van der Waals surface area contributed by atoms with E-state index >= 15 is 0 Å². The summed E-state index contributed by atoms with van der Waals surface area (Å²) in [6.07, 6.45) is 4.98. The molecule has 0 saturated heterocycles.